The van der Waals surface area contributed by atoms with Crippen molar-refractivity contribution >= 4 is 16.0 Å². The third-order valence-electron chi connectivity index (χ3n) is 2.91. The van der Waals surface area contributed by atoms with Gasteiger partial charge in [-0.05, 0) is 12.0 Å². The van der Waals surface area contributed by atoms with E-state index in [1.54, 1.807) is 0 Å². The Bertz CT molecular complexity index is 503. The third kappa shape index (κ3) is 3.58. The molecule has 0 atom stereocenters. The van der Waals surface area contributed by atoms with Crippen LogP contribution < -0.4 is 4.72 Å². The Morgan fingerprint density at radius 2 is 2.06 bits per heavy atom. The number of aromatic carboxylic acids is 1. The van der Waals surface area contributed by atoms with Crippen molar-refractivity contribution in [1.82, 2.24) is 9.71 Å². The molecule has 7 heteroatoms. The molecule has 0 amide bonds. The lowest BCUT2D eigenvalue weighted by Gasteiger charge is -2.12. The van der Waals surface area contributed by atoms with E-state index in [0.717, 1.165) is 18.9 Å². The highest BCUT2D eigenvalue weighted by atomic mass is 32.2. The Morgan fingerprint density at radius 3 is 2.50 bits per heavy atom. The molecular formula is C11H18N2O4S. The first-order chi connectivity index (χ1) is 8.40. The largest absolute Gasteiger partial charge is 0.477 e. The SMILES string of the molecule is CCC(CC)CNS(=O)(=O)c1c[nH]c(C(=O)O)c1. The van der Waals surface area contributed by atoms with Crippen molar-refractivity contribution in [2.75, 3.05) is 6.54 Å². The van der Waals surface area contributed by atoms with Gasteiger partial charge >= 0.3 is 5.97 Å². The van der Waals surface area contributed by atoms with Crippen LogP contribution in [-0.4, -0.2) is 31.0 Å². The van der Waals surface area contributed by atoms with Crippen LogP contribution >= 0.6 is 0 Å². The summed E-state index contributed by atoms with van der Waals surface area (Å²) in [6, 6.07) is 1.11. The number of hydrogen-bond donors (Lipinski definition) is 3. The predicted molar refractivity (Wildman–Crippen MR) is 67.0 cm³/mol. The molecule has 0 radical (unpaired) electrons. The summed E-state index contributed by atoms with van der Waals surface area (Å²) in [5, 5.41) is 8.71. The summed E-state index contributed by atoms with van der Waals surface area (Å²) in [6.45, 7) is 4.37. The molecule has 0 saturated carbocycles. The number of carboxylic acids is 1. The van der Waals surface area contributed by atoms with E-state index in [0.29, 0.717) is 6.54 Å². The highest BCUT2D eigenvalue weighted by Crippen LogP contribution is 2.12. The number of hydrogen-bond acceptors (Lipinski definition) is 3. The summed E-state index contributed by atoms with van der Waals surface area (Å²) in [4.78, 5) is 13.0. The number of sulfonamides is 1. The second kappa shape index (κ2) is 6.01. The van der Waals surface area contributed by atoms with Gasteiger partial charge in [-0.1, -0.05) is 26.7 Å². The number of H-pyrrole nitrogens is 1. The molecule has 0 bridgehead atoms. The fraction of sp³-hybridized carbons (Fsp3) is 0.545. The number of rotatable bonds is 7. The van der Waals surface area contributed by atoms with Crippen LogP contribution in [0.3, 0.4) is 0 Å². The minimum Gasteiger partial charge on any atom is -0.477 e. The number of aromatic nitrogens is 1. The van der Waals surface area contributed by atoms with Crippen molar-refractivity contribution in [2.24, 2.45) is 5.92 Å². The molecule has 6 nitrogen and oxygen atoms in total. The van der Waals surface area contributed by atoms with Gasteiger partial charge in [-0.2, -0.15) is 0 Å². The van der Waals surface area contributed by atoms with E-state index in [9.17, 15) is 13.2 Å². The fourth-order valence-electron chi connectivity index (χ4n) is 1.54. The van der Waals surface area contributed by atoms with Crippen LogP contribution in [0, 0.1) is 5.92 Å². The van der Waals surface area contributed by atoms with E-state index < -0.39 is 16.0 Å². The van der Waals surface area contributed by atoms with Crippen LogP contribution in [0.25, 0.3) is 0 Å². The molecule has 1 aromatic heterocycles. The summed E-state index contributed by atoms with van der Waals surface area (Å²) in [6.07, 6.45) is 2.97. The van der Waals surface area contributed by atoms with Crippen LogP contribution in [0.15, 0.2) is 17.2 Å². The van der Waals surface area contributed by atoms with Crippen molar-refractivity contribution in [2.45, 2.75) is 31.6 Å². The highest BCUT2D eigenvalue weighted by Gasteiger charge is 2.18. The topological polar surface area (TPSA) is 99.3 Å². The molecular weight excluding hydrogens is 256 g/mol. The standard InChI is InChI=1S/C11H18N2O4S/c1-3-8(4-2)6-13-18(16,17)9-5-10(11(14)15)12-7-9/h5,7-8,12-13H,3-4,6H2,1-2H3,(H,14,15). The monoisotopic (exact) mass is 274 g/mol. The molecule has 0 fully saturated rings. The summed E-state index contributed by atoms with van der Waals surface area (Å²) < 4.78 is 26.2. The maximum Gasteiger partial charge on any atom is 0.352 e. The van der Waals surface area contributed by atoms with Gasteiger partial charge in [-0.15, -0.1) is 0 Å². The summed E-state index contributed by atoms with van der Waals surface area (Å²) in [5.74, 6) is -0.894. The average Bonchev–Trinajstić information content (AvgIpc) is 2.80. The highest BCUT2D eigenvalue weighted by molar-refractivity contribution is 7.89. The van der Waals surface area contributed by atoms with Crippen LogP contribution in [0.2, 0.25) is 0 Å². The van der Waals surface area contributed by atoms with Crippen LogP contribution in [0.4, 0.5) is 0 Å². The zero-order chi connectivity index (χ0) is 13.8. The molecule has 0 saturated heterocycles. The van der Waals surface area contributed by atoms with Crippen molar-refractivity contribution in [3.8, 4) is 0 Å². The predicted octanol–water partition coefficient (Wildman–Crippen LogP) is 1.43. The quantitative estimate of drug-likeness (QED) is 0.700. The van der Waals surface area contributed by atoms with Gasteiger partial charge in [0.05, 0.1) is 0 Å². The Kier molecular flexibility index (Phi) is 4.92. The molecule has 0 aliphatic heterocycles. The van der Waals surface area contributed by atoms with Crippen LogP contribution in [0.5, 0.6) is 0 Å². The molecule has 18 heavy (non-hydrogen) atoms. The Labute approximate surface area is 106 Å². The molecule has 102 valence electrons. The molecule has 0 aliphatic carbocycles. The lowest BCUT2D eigenvalue weighted by atomic mass is 10.0. The van der Waals surface area contributed by atoms with Gasteiger partial charge < -0.3 is 10.1 Å². The first-order valence-electron chi connectivity index (χ1n) is 5.82. The number of carbonyl (C=O) groups is 1. The van der Waals surface area contributed by atoms with E-state index in [-0.39, 0.29) is 16.5 Å². The van der Waals surface area contributed by atoms with Gasteiger partial charge in [0.15, 0.2) is 0 Å². The van der Waals surface area contributed by atoms with Crippen molar-refractivity contribution < 1.29 is 18.3 Å². The van der Waals surface area contributed by atoms with E-state index >= 15 is 0 Å². The van der Waals surface area contributed by atoms with Crippen LogP contribution in [0.1, 0.15) is 37.2 Å². The lowest BCUT2D eigenvalue weighted by molar-refractivity contribution is 0.0691. The Hall–Kier alpha value is -1.34. The number of carboxylic acid groups (broad SMARTS) is 1. The second-order valence-corrected chi connectivity index (χ2v) is 5.86. The van der Waals surface area contributed by atoms with Gasteiger partial charge in [0, 0.05) is 12.7 Å². The van der Waals surface area contributed by atoms with Crippen molar-refractivity contribution in [1.29, 1.82) is 0 Å². The fourth-order valence-corrected chi connectivity index (χ4v) is 2.65. The van der Waals surface area contributed by atoms with E-state index in [1.165, 1.54) is 6.20 Å². The zero-order valence-electron chi connectivity index (χ0n) is 10.4. The summed E-state index contributed by atoms with van der Waals surface area (Å²) in [5.41, 5.74) is -0.141. The molecule has 0 unspecified atom stereocenters. The molecule has 3 N–H and O–H groups in total. The van der Waals surface area contributed by atoms with Crippen LogP contribution in [-0.2, 0) is 10.0 Å². The molecule has 1 heterocycles. The van der Waals surface area contributed by atoms with Gasteiger partial charge in [0.1, 0.15) is 10.6 Å². The Morgan fingerprint density at radius 1 is 1.44 bits per heavy atom. The minimum absolute atomic E-state index is 0.0501. The minimum atomic E-state index is -3.63. The van der Waals surface area contributed by atoms with Crippen molar-refractivity contribution in [3.63, 3.8) is 0 Å². The Balaban J connectivity index is 2.76. The maximum absolute atomic E-state index is 11.9. The molecule has 1 aromatic rings. The third-order valence-corrected chi connectivity index (χ3v) is 4.32. The normalized spacial score (nSPS) is 11.9. The van der Waals surface area contributed by atoms with E-state index in [4.69, 9.17) is 5.11 Å². The smallest absolute Gasteiger partial charge is 0.352 e. The van der Waals surface area contributed by atoms with Gasteiger partial charge in [0.2, 0.25) is 10.0 Å². The van der Waals surface area contributed by atoms with E-state index in [2.05, 4.69) is 9.71 Å². The second-order valence-electron chi connectivity index (χ2n) is 4.09. The first-order valence-corrected chi connectivity index (χ1v) is 7.30. The average molecular weight is 274 g/mol. The zero-order valence-corrected chi connectivity index (χ0v) is 11.3. The van der Waals surface area contributed by atoms with Gasteiger partial charge in [0.25, 0.3) is 0 Å². The summed E-state index contributed by atoms with van der Waals surface area (Å²) >= 11 is 0. The van der Waals surface area contributed by atoms with E-state index in [1.807, 2.05) is 13.8 Å². The summed E-state index contributed by atoms with van der Waals surface area (Å²) in [7, 11) is -3.63. The number of aromatic amines is 1. The molecule has 0 aromatic carbocycles. The first kappa shape index (κ1) is 14.7. The van der Waals surface area contributed by atoms with Gasteiger partial charge in [-0.25, -0.2) is 17.9 Å². The molecule has 0 spiro atoms. The number of nitrogens with one attached hydrogen (secondary N) is 2. The molecule has 1 rings (SSSR count). The lowest BCUT2D eigenvalue weighted by Crippen LogP contribution is -2.28. The van der Waals surface area contributed by atoms with Gasteiger partial charge in [-0.3, -0.25) is 0 Å². The molecule has 0 aliphatic rings. The van der Waals surface area contributed by atoms with Crippen molar-refractivity contribution in [3.05, 3.63) is 18.0 Å². The maximum atomic E-state index is 11.9.